The summed E-state index contributed by atoms with van der Waals surface area (Å²) in [4.78, 5) is 10.9. The average molecular weight is 340 g/mol. The summed E-state index contributed by atoms with van der Waals surface area (Å²) in [6.45, 7) is 3.71. The van der Waals surface area contributed by atoms with Gasteiger partial charge in [0.25, 0.3) is 15.0 Å². The number of carbonyl (C=O) groups excluding carboxylic acids is 1. The minimum Gasteiger partial charge on any atom is -0.349 e. The zero-order valence-corrected chi connectivity index (χ0v) is 13.2. The van der Waals surface area contributed by atoms with Crippen molar-refractivity contribution in [1.82, 2.24) is 5.32 Å². The lowest BCUT2D eigenvalue weighted by molar-refractivity contribution is 0.0932. The Hall–Kier alpha value is -1.21. The van der Waals surface area contributed by atoms with Crippen molar-refractivity contribution in [3.63, 3.8) is 0 Å². The van der Waals surface area contributed by atoms with Crippen molar-refractivity contribution in [3.8, 4) is 0 Å². The molecule has 1 N–H and O–H groups in total. The quantitative estimate of drug-likeness (QED) is 0.809. The Balaban J connectivity index is 3.08. The molecule has 0 radical (unpaired) electrons. The van der Waals surface area contributed by atoms with Crippen molar-refractivity contribution in [2.75, 3.05) is 0 Å². The third kappa shape index (κ3) is 4.93. The second-order valence-corrected chi connectivity index (χ2v) is 7.25. The second-order valence-electron chi connectivity index (χ2n) is 4.72. The molecule has 8 heteroatoms. The van der Waals surface area contributed by atoms with Crippen LogP contribution in [0.1, 0.15) is 43.5 Å². The van der Waals surface area contributed by atoms with E-state index in [2.05, 4.69) is 5.32 Å². The summed E-state index contributed by atoms with van der Waals surface area (Å²) in [7, 11) is 0.543. The fraction of sp³-hybridized carbons (Fsp3) is 0.462. The molecule has 1 rings (SSSR count). The first kappa shape index (κ1) is 17.8. The van der Waals surface area contributed by atoms with Crippen LogP contribution in [-0.4, -0.2) is 20.4 Å². The van der Waals surface area contributed by atoms with Crippen LogP contribution < -0.4 is 5.32 Å². The molecule has 1 atom stereocenters. The maximum atomic E-state index is 14.0. The average Bonchev–Trinajstić information content (AvgIpc) is 2.37. The predicted octanol–water partition coefficient (Wildman–Crippen LogP) is 3.20. The Morgan fingerprint density at radius 3 is 2.52 bits per heavy atom. The number of amides is 1. The fourth-order valence-electron chi connectivity index (χ4n) is 1.79. The van der Waals surface area contributed by atoms with Crippen molar-refractivity contribution < 1.29 is 22.0 Å². The Labute approximate surface area is 126 Å². The number of unbranched alkanes of at least 4 members (excludes halogenated alkanes) is 1. The van der Waals surface area contributed by atoms with Crippen LogP contribution in [0.25, 0.3) is 0 Å². The first-order valence-corrected chi connectivity index (χ1v) is 8.72. The van der Waals surface area contributed by atoms with Gasteiger partial charge in [0.05, 0.1) is 5.56 Å². The van der Waals surface area contributed by atoms with E-state index < -0.39 is 37.1 Å². The highest BCUT2D eigenvalue weighted by molar-refractivity contribution is 8.13. The van der Waals surface area contributed by atoms with Crippen molar-refractivity contribution in [3.05, 3.63) is 29.3 Å². The van der Waals surface area contributed by atoms with Crippen LogP contribution >= 0.6 is 10.7 Å². The molecule has 21 heavy (non-hydrogen) atoms. The van der Waals surface area contributed by atoms with Crippen molar-refractivity contribution in [2.24, 2.45) is 0 Å². The van der Waals surface area contributed by atoms with E-state index in [1.54, 1.807) is 6.92 Å². The lowest BCUT2D eigenvalue weighted by Gasteiger charge is -2.14. The van der Waals surface area contributed by atoms with Crippen LogP contribution in [-0.2, 0) is 9.05 Å². The molecule has 1 amide bonds. The van der Waals surface area contributed by atoms with Gasteiger partial charge in [0.2, 0.25) is 0 Å². The van der Waals surface area contributed by atoms with Crippen molar-refractivity contribution in [1.29, 1.82) is 0 Å². The van der Waals surface area contributed by atoms with Crippen LogP contribution in [0.5, 0.6) is 0 Å². The Bertz CT molecular complexity index is 635. The molecule has 0 aliphatic heterocycles. The Morgan fingerprint density at radius 1 is 1.38 bits per heavy atom. The number of rotatable bonds is 6. The number of carbonyl (C=O) groups is 1. The van der Waals surface area contributed by atoms with E-state index >= 15 is 0 Å². The lowest BCUT2D eigenvalue weighted by Crippen LogP contribution is -2.33. The molecular weight excluding hydrogens is 324 g/mol. The highest BCUT2D eigenvalue weighted by atomic mass is 35.7. The molecule has 0 fully saturated rings. The lowest BCUT2D eigenvalue weighted by atomic mass is 10.1. The topological polar surface area (TPSA) is 63.2 Å². The van der Waals surface area contributed by atoms with E-state index in [1.165, 1.54) is 0 Å². The van der Waals surface area contributed by atoms with E-state index in [1.807, 2.05) is 6.92 Å². The molecule has 0 saturated heterocycles. The number of halogens is 3. The molecule has 0 spiro atoms. The van der Waals surface area contributed by atoms with Gasteiger partial charge in [0.15, 0.2) is 5.82 Å². The van der Waals surface area contributed by atoms with Gasteiger partial charge in [0, 0.05) is 16.7 Å². The monoisotopic (exact) mass is 339 g/mol. The van der Waals surface area contributed by atoms with Crippen LogP contribution in [0.2, 0.25) is 0 Å². The van der Waals surface area contributed by atoms with Crippen LogP contribution in [0.4, 0.5) is 8.78 Å². The summed E-state index contributed by atoms with van der Waals surface area (Å²) in [5, 5.41) is 2.49. The molecule has 1 aromatic carbocycles. The third-order valence-corrected chi connectivity index (χ3v) is 4.20. The maximum Gasteiger partial charge on any atom is 0.264 e. The van der Waals surface area contributed by atoms with Gasteiger partial charge in [0.1, 0.15) is 10.7 Å². The zero-order valence-electron chi connectivity index (χ0n) is 11.6. The molecule has 0 aliphatic rings. The first-order chi connectivity index (χ1) is 9.66. The number of hydrogen-bond donors (Lipinski definition) is 1. The van der Waals surface area contributed by atoms with Gasteiger partial charge in [-0.05, 0) is 25.5 Å². The zero-order chi connectivity index (χ0) is 16.2. The number of benzene rings is 1. The van der Waals surface area contributed by atoms with Gasteiger partial charge >= 0.3 is 0 Å². The van der Waals surface area contributed by atoms with E-state index in [4.69, 9.17) is 10.7 Å². The Morgan fingerprint density at radius 2 is 2.00 bits per heavy atom. The molecule has 0 aromatic heterocycles. The largest absolute Gasteiger partial charge is 0.349 e. The highest BCUT2D eigenvalue weighted by Crippen LogP contribution is 2.23. The van der Waals surface area contributed by atoms with E-state index in [0.717, 1.165) is 12.8 Å². The smallest absolute Gasteiger partial charge is 0.264 e. The van der Waals surface area contributed by atoms with Crippen LogP contribution in [0.15, 0.2) is 17.0 Å². The van der Waals surface area contributed by atoms with Crippen LogP contribution in [0, 0.1) is 11.6 Å². The predicted molar refractivity (Wildman–Crippen MR) is 75.9 cm³/mol. The maximum absolute atomic E-state index is 14.0. The van der Waals surface area contributed by atoms with Gasteiger partial charge in [-0.2, -0.15) is 0 Å². The molecule has 1 aromatic rings. The summed E-state index contributed by atoms with van der Waals surface area (Å²) in [5.74, 6) is -3.29. The normalized spacial score (nSPS) is 13.0. The molecule has 0 heterocycles. The van der Waals surface area contributed by atoms with Gasteiger partial charge in [-0.3, -0.25) is 4.79 Å². The minimum atomic E-state index is -4.48. The summed E-state index contributed by atoms with van der Waals surface area (Å²) < 4.78 is 49.7. The van der Waals surface area contributed by atoms with Crippen molar-refractivity contribution in [2.45, 2.75) is 44.0 Å². The minimum absolute atomic E-state index is 0.240. The fourth-order valence-corrected chi connectivity index (χ4v) is 2.71. The molecule has 0 bridgehead atoms. The van der Waals surface area contributed by atoms with E-state index in [0.29, 0.717) is 18.6 Å². The molecule has 1 unspecified atom stereocenters. The van der Waals surface area contributed by atoms with Crippen molar-refractivity contribution >= 4 is 25.6 Å². The standard InChI is InChI=1S/C13H16ClF2NO3S/c1-3-4-5-8(2)17-13(18)10-6-9(15)7-11(12(10)16)21(14,19)20/h6-8H,3-5H2,1-2H3,(H,17,18). The first-order valence-electron chi connectivity index (χ1n) is 6.41. The molecule has 0 aliphatic carbocycles. The van der Waals surface area contributed by atoms with Gasteiger partial charge in [-0.1, -0.05) is 19.8 Å². The molecule has 4 nitrogen and oxygen atoms in total. The van der Waals surface area contributed by atoms with Gasteiger partial charge < -0.3 is 5.32 Å². The summed E-state index contributed by atoms with van der Waals surface area (Å²) in [5.41, 5.74) is -0.683. The molecular formula is C13H16ClF2NO3S. The molecule has 118 valence electrons. The molecule has 0 saturated carbocycles. The second kappa shape index (κ2) is 7.17. The summed E-state index contributed by atoms with van der Waals surface area (Å²) in [6, 6.07) is 0.841. The number of nitrogens with one attached hydrogen (secondary N) is 1. The number of hydrogen-bond acceptors (Lipinski definition) is 3. The van der Waals surface area contributed by atoms with Gasteiger partial charge in [-0.15, -0.1) is 0 Å². The van der Waals surface area contributed by atoms with E-state index in [-0.39, 0.29) is 6.04 Å². The van der Waals surface area contributed by atoms with Crippen LogP contribution in [0.3, 0.4) is 0 Å². The highest BCUT2D eigenvalue weighted by Gasteiger charge is 2.24. The third-order valence-electron chi connectivity index (χ3n) is 2.88. The Kier molecular flexibility index (Phi) is 6.10. The SMILES string of the molecule is CCCCC(C)NC(=O)c1cc(F)cc(S(=O)(=O)Cl)c1F. The van der Waals surface area contributed by atoms with Gasteiger partial charge in [-0.25, -0.2) is 17.2 Å². The summed E-state index contributed by atoms with van der Waals surface area (Å²) in [6.07, 6.45) is 2.48. The van der Waals surface area contributed by atoms with E-state index in [9.17, 15) is 22.0 Å². The summed E-state index contributed by atoms with van der Waals surface area (Å²) >= 11 is 0.